The van der Waals surface area contributed by atoms with E-state index in [0.717, 1.165) is 5.56 Å². The number of hydroxylamine groups is 1. The predicted octanol–water partition coefficient (Wildman–Crippen LogP) is 3.76. The monoisotopic (exact) mass is 460 g/mol. The minimum absolute atomic E-state index is 0.308. The van der Waals surface area contributed by atoms with Crippen LogP contribution in [-0.4, -0.2) is 39.2 Å². The van der Waals surface area contributed by atoms with E-state index >= 15 is 0 Å². The molecule has 3 aromatic rings. The van der Waals surface area contributed by atoms with Crippen LogP contribution in [0.15, 0.2) is 72.8 Å². The van der Waals surface area contributed by atoms with Crippen molar-refractivity contribution in [2.45, 2.75) is 12.1 Å². The Morgan fingerprint density at radius 3 is 1.62 bits per heavy atom. The maximum atomic E-state index is 13.7. The van der Waals surface area contributed by atoms with Gasteiger partial charge >= 0.3 is 0 Å². The van der Waals surface area contributed by atoms with Gasteiger partial charge in [-0.15, -0.1) is 0 Å². The number of methoxy groups -OCH3 is 3. The molecule has 34 heavy (non-hydrogen) atoms. The van der Waals surface area contributed by atoms with Crippen LogP contribution in [0.5, 0.6) is 17.2 Å². The standard InChI is InChI=1S/C26H24N2O6/c1-31-19-10-4-16(5-11-19)23-22-24(34-28(23)18-8-14-21(33-3)15-9-18)26(30)27(25(22)29)17-6-12-20(32-2)13-7-17/h4-15,22-24H,1-3H3/t22-,23+,24-/m0/s1. The third kappa shape index (κ3) is 3.52. The molecule has 0 aliphatic carbocycles. The summed E-state index contributed by atoms with van der Waals surface area (Å²) in [5, 5.41) is 1.65. The lowest BCUT2D eigenvalue weighted by Crippen LogP contribution is -2.37. The molecule has 2 heterocycles. The molecule has 8 nitrogen and oxygen atoms in total. The molecule has 2 fully saturated rings. The van der Waals surface area contributed by atoms with Gasteiger partial charge in [-0.3, -0.25) is 14.4 Å². The van der Waals surface area contributed by atoms with E-state index in [-0.39, 0.29) is 5.91 Å². The number of nitrogens with zero attached hydrogens (tertiary/aromatic N) is 2. The lowest BCUT2D eigenvalue weighted by atomic mass is 9.90. The number of rotatable bonds is 6. The SMILES string of the molecule is COc1ccc([C@@H]2[C@@H]3C(=O)N(c4ccc(OC)cc4)C(=O)[C@H]3ON2c2ccc(OC)cc2)cc1. The zero-order valence-corrected chi connectivity index (χ0v) is 19.0. The fourth-order valence-corrected chi connectivity index (χ4v) is 4.49. The maximum Gasteiger partial charge on any atom is 0.266 e. The number of hydrogen-bond acceptors (Lipinski definition) is 7. The smallest absolute Gasteiger partial charge is 0.266 e. The number of carbonyl (C=O) groups is 2. The molecule has 2 aliphatic rings. The topological polar surface area (TPSA) is 77.5 Å². The van der Waals surface area contributed by atoms with Gasteiger partial charge < -0.3 is 14.2 Å². The fourth-order valence-electron chi connectivity index (χ4n) is 4.49. The summed E-state index contributed by atoms with van der Waals surface area (Å²) in [5.41, 5.74) is 2.03. The number of amides is 2. The van der Waals surface area contributed by atoms with Gasteiger partial charge in [-0.2, -0.15) is 0 Å². The second-order valence-corrected chi connectivity index (χ2v) is 8.00. The van der Waals surface area contributed by atoms with Gasteiger partial charge in [0, 0.05) is 0 Å². The largest absolute Gasteiger partial charge is 0.497 e. The Hall–Kier alpha value is -4.04. The summed E-state index contributed by atoms with van der Waals surface area (Å²) in [7, 11) is 4.75. The number of benzene rings is 3. The molecule has 3 aromatic carbocycles. The number of anilines is 2. The highest BCUT2D eigenvalue weighted by Gasteiger charge is 2.60. The summed E-state index contributed by atoms with van der Waals surface area (Å²) >= 11 is 0. The van der Waals surface area contributed by atoms with Crippen molar-refractivity contribution >= 4 is 23.2 Å². The summed E-state index contributed by atoms with van der Waals surface area (Å²) in [6.07, 6.45) is -0.941. The van der Waals surface area contributed by atoms with Gasteiger partial charge in [-0.1, -0.05) is 12.1 Å². The highest BCUT2D eigenvalue weighted by molar-refractivity contribution is 6.23. The number of fused-ring (bicyclic) bond motifs is 1. The molecule has 0 bridgehead atoms. The van der Waals surface area contributed by atoms with Gasteiger partial charge in [0.25, 0.3) is 5.91 Å². The zero-order valence-electron chi connectivity index (χ0n) is 19.0. The summed E-state index contributed by atoms with van der Waals surface area (Å²) in [6, 6.07) is 21.1. The Morgan fingerprint density at radius 2 is 1.12 bits per heavy atom. The maximum absolute atomic E-state index is 13.7. The summed E-state index contributed by atoms with van der Waals surface area (Å²) < 4.78 is 15.7. The Kier molecular flexibility index (Phi) is 5.59. The van der Waals surface area contributed by atoms with Crippen molar-refractivity contribution in [3.63, 3.8) is 0 Å². The molecule has 2 aliphatic heterocycles. The molecule has 5 rings (SSSR count). The molecule has 2 saturated heterocycles. The average Bonchev–Trinajstić information content (AvgIpc) is 3.40. The molecule has 174 valence electrons. The molecule has 2 amide bonds. The summed E-state index contributed by atoms with van der Waals surface area (Å²) in [6.45, 7) is 0. The van der Waals surface area contributed by atoms with Crippen molar-refractivity contribution < 1.29 is 28.6 Å². The molecule has 8 heteroatoms. The van der Waals surface area contributed by atoms with Gasteiger partial charge in [-0.05, 0) is 66.2 Å². The lowest BCUT2D eigenvalue weighted by molar-refractivity contribution is -0.126. The Balaban J connectivity index is 1.54. The van der Waals surface area contributed by atoms with Crippen molar-refractivity contribution in [1.29, 1.82) is 0 Å². The summed E-state index contributed by atoms with van der Waals surface area (Å²) in [4.78, 5) is 34.4. The Labute approximate surface area is 197 Å². The molecule has 0 aromatic heterocycles. The number of carbonyl (C=O) groups excluding carboxylic acids is 2. The van der Waals surface area contributed by atoms with Gasteiger partial charge in [0.15, 0.2) is 6.10 Å². The molecule has 3 atom stereocenters. The van der Waals surface area contributed by atoms with Crippen molar-refractivity contribution in [2.75, 3.05) is 31.3 Å². The molecule has 0 saturated carbocycles. The summed E-state index contributed by atoms with van der Waals surface area (Å²) in [5.74, 6) is 0.615. The quantitative estimate of drug-likeness (QED) is 0.519. The lowest BCUT2D eigenvalue weighted by Gasteiger charge is -2.29. The van der Waals surface area contributed by atoms with Gasteiger partial charge in [0.05, 0.1) is 38.7 Å². The van der Waals surface area contributed by atoms with E-state index in [2.05, 4.69) is 0 Å². The normalized spacial score (nSPS) is 21.6. The van der Waals surface area contributed by atoms with Crippen LogP contribution in [0.25, 0.3) is 0 Å². The molecule has 0 N–H and O–H groups in total. The predicted molar refractivity (Wildman–Crippen MR) is 125 cm³/mol. The second kappa shape index (κ2) is 8.72. The van der Waals surface area contributed by atoms with E-state index in [1.807, 2.05) is 48.5 Å². The van der Waals surface area contributed by atoms with Crippen LogP contribution in [0.1, 0.15) is 11.6 Å². The van der Waals surface area contributed by atoms with Crippen LogP contribution in [-0.2, 0) is 14.4 Å². The van der Waals surface area contributed by atoms with E-state index in [9.17, 15) is 9.59 Å². The van der Waals surface area contributed by atoms with E-state index in [0.29, 0.717) is 28.6 Å². The number of imide groups is 1. The first-order valence-corrected chi connectivity index (χ1v) is 10.8. The van der Waals surface area contributed by atoms with Crippen molar-refractivity contribution in [3.8, 4) is 17.2 Å². The first kappa shape index (κ1) is 21.8. The van der Waals surface area contributed by atoms with Gasteiger partial charge in [0.2, 0.25) is 5.91 Å². The van der Waals surface area contributed by atoms with Gasteiger partial charge in [0.1, 0.15) is 23.2 Å². The molecule has 0 radical (unpaired) electrons. The van der Waals surface area contributed by atoms with E-state index in [4.69, 9.17) is 19.0 Å². The minimum atomic E-state index is -0.941. The number of ether oxygens (including phenoxy) is 3. The third-order valence-electron chi connectivity index (χ3n) is 6.23. The van der Waals surface area contributed by atoms with Crippen LogP contribution >= 0.6 is 0 Å². The fraction of sp³-hybridized carbons (Fsp3) is 0.231. The Bertz CT molecular complexity index is 1190. The second-order valence-electron chi connectivity index (χ2n) is 8.00. The van der Waals surface area contributed by atoms with Crippen molar-refractivity contribution in [3.05, 3.63) is 78.4 Å². The first-order chi connectivity index (χ1) is 16.5. The highest BCUT2D eigenvalue weighted by Crippen LogP contribution is 2.48. The van der Waals surface area contributed by atoms with Crippen LogP contribution in [0.4, 0.5) is 11.4 Å². The molecular weight excluding hydrogens is 436 g/mol. The first-order valence-electron chi connectivity index (χ1n) is 10.8. The van der Waals surface area contributed by atoms with Crippen LogP contribution < -0.4 is 24.2 Å². The highest BCUT2D eigenvalue weighted by atomic mass is 16.7. The molecule has 0 spiro atoms. The molecular formula is C26H24N2O6. The van der Waals surface area contributed by atoms with E-state index in [1.165, 1.54) is 4.90 Å². The van der Waals surface area contributed by atoms with E-state index < -0.39 is 24.0 Å². The number of hydrogen-bond donors (Lipinski definition) is 0. The van der Waals surface area contributed by atoms with Crippen LogP contribution in [0.3, 0.4) is 0 Å². The Morgan fingerprint density at radius 1 is 0.647 bits per heavy atom. The van der Waals surface area contributed by atoms with Crippen molar-refractivity contribution in [2.24, 2.45) is 5.92 Å². The van der Waals surface area contributed by atoms with E-state index in [1.54, 1.807) is 50.7 Å². The van der Waals surface area contributed by atoms with Crippen LogP contribution in [0.2, 0.25) is 0 Å². The average molecular weight is 460 g/mol. The van der Waals surface area contributed by atoms with Gasteiger partial charge in [-0.25, -0.2) is 9.96 Å². The zero-order chi connectivity index (χ0) is 23.8. The van der Waals surface area contributed by atoms with Crippen molar-refractivity contribution in [1.82, 2.24) is 0 Å². The third-order valence-corrected chi connectivity index (χ3v) is 6.23. The molecule has 0 unspecified atom stereocenters. The van der Waals surface area contributed by atoms with Crippen LogP contribution in [0, 0.1) is 5.92 Å². The minimum Gasteiger partial charge on any atom is -0.497 e.